The maximum absolute atomic E-state index is 13.4. The minimum Gasteiger partial charge on any atom is -0.503 e. The highest BCUT2D eigenvalue weighted by molar-refractivity contribution is 7.15. The summed E-state index contributed by atoms with van der Waals surface area (Å²) >= 11 is 7.09. The molecule has 0 amide bonds. The van der Waals surface area contributed by atoms with Crippen LogP contribution in [0.15, 0.2) is 41.3 Å². The third-order valence-electron chi connectivity index (χ3n) is 4.03. The second kappa shape index (κ2) is 6.88. The van der Waals surface area contributed by atoms with E-state index < -0.39 is 11.6 Å². The van der Waals surface area contributed by atoms with E-state index in [1.165, 1.54) is 23.8 Å². The van der Waals surface area contributed by atoms with Gasteiger partial charge in [-0.05, 0) is 35.9 Å². The van der Waals surface area contributed by atoms with Crippen LogP contribution in [-0.2, 0) is 0 Å². The van der Waals surface area contributed by atoms with E-state index in [-0.39, 0.29) is 27.6 Å². The number of nitrogens with zero attached hydrogens (tertiary/aromatic N) is 2. The number of fused-ring (bicyclic) bond motifs is 1. The normalized spacial score (nSPS) is 12.1. The van der Waals surface area contributed by atoms with Crippen molar-refractivity contribution >= 4 is 34.0 Å². The number of phenols is 1. The van der Waals surface area contributed by atoms with Crippen LogP contribution in [0.1, 0.15) is 5.56 Å². The molecule has 1 N–H and O–H groups in total. The van der Waals surface area contributed by atoms with E-state index in [9.17, 15) is 18.7 Å². The number of halogens is 3. The van der Waals surface area contributed by atoms with Crippen LogP contribution in [0.4, 0.5) is 8.78 Å². The predicted octanol–water partition coefficient (Wildman–Crippen LogP) is 3.62. The van der Waals surface area contributed by atoms with Crippen LogP contribution in [0.5, 0.6) is 11.5 Å². The largest absolute Gasteiger partial charge is 0.503 e. The van der Waals surface area contributed by atoms with Crippen LogP contribution in [0.25, 0.3) is 22.3 Å². The number of methoxy groups -OCH3 is 1. The first-order valence-corrected chi connectivity index (χ1v) is 9.12. The molecule has 0 radical (unpaired) electrons. The molecule has 0 fully saturated rings. The number of aromatic nitrogens is 2. The zero-order valence-electron chi connectivity index (χ0n) is 14.2. The van der Waals surface area contributed by atoms with E-state index >= 15 is 0 Å². The summed E-state index contributed by atoms with van der Waals surface area (Å²) in [5.74, 6) is -1.44. The number of phenolic OH excluding ortho intramolecular Hbond substituents is 1. The lowest BCUT2D eigenvalue weighted by atomic mass is 10.1. The lowest BCUT2D eigenvalue weighted by Crippen LogP contribution is -2.22. The smallest absolute Gasteiger partial charge is 0.274 e. The summed E-state index contributed by atoms with van der Waals surface area (Å²) in [6.07, 6.45) is 3.03. The monoisotopic (exact) mass is 420 g/mol. The highest BCUT2D eigenvalue weighted by Gasteiger charge is 2.13. The Morgan fingerprint density at radius 2 is 1.93 bits per heavy atom. The third kappa shape index (κ3) is 3.21. The maximum Gasteiger partial charge on any atom is 0.274 e. The number of aromatic hydroxyl groups is 1. The van der Waals surface area contributed by atoms with Crippen LogP contribution in [-0.4, -0.2) is 21.6 Å². The number of ether oxygens (including phenoxy) is 1. The zero-order valence-corrected chi connectivity index (χ0v) is 15.8. The molecule has 2 aromatic heterocycles. The van der Waals surface area contributed by atoms with Crippen molar-refractivity contribution in [3.8, 4) is 22.8 Å². The SMILES string of the molecule is COc1cc(C=c2sc3nc(-c4cc(F)cc(F)c4)cn3c2=O)cc(Cl)c1O. The molecule has 0 aliphatic carbocycles. The zero-order chi connectivity index (χ0) is 20.0. The minimum absolute atomic E-state index is 0.0924. The molecule has 2 heterocycles. The van der Waals surface area contributed by atoms with Gasteiger partial charge in [0.25, 0.3) is 5.56 Å². The van der Waals surface area contributed by atoms with E-state index in [2.05, 4.69) is 4.98 Å². The summed E-state index contributed by atoms with van der Waals surface area (Å²) in [4.78, 5) is 17.3. The first kappa shape index (κ1) is 18.4. The molecule has 0 aliphatic rings. The number of imidazole rings is 1. The van der Waals surface area contributed by atoms with Crippen molar-refractivity contribution in [1.82, 2.24) is 9.38 Å². The van der Waals surface area contributed by atoms with E-state index in [0.717, 1.165) is 29.5 Å². The average molecular weight is 421 g/mol. The first-order valence-electron chi connectivity index (χ1n) is 7.92. The van der Waals surface area contributed by atoms with Gasteiger partial charge < -0.3 is 9.84 Å². The lowest BCUT2D eigenvalue weighted by Gasteiger charge is -2.05. The Morgan fingerprint density at radius 1 is 1.21 bits per heavy atom. The molecule has 0 aliphatic heterocycles. The lowest BCUT2D eigenvalue weighted by molar-refractivity contribution is 0.373. The van der Waals surface area contributed by atoms with Gasteiger partial charge in [-0.3, -0.25) is 9.20 Å². The van der Waals surface area contributed by atoms with Gasteiger partial charge in [0, 0.05) is 17.8 Å². The van der Waals surface area contributed by atoms with Gasteiger partial charge in [-0.2, -0.15) is 0 Å². The quantitative estimate of drug-likeness (QED) is 0.550. The number of rotatable bonds is 3. The van der Waals surface area contributed by atoms with Crippen molar-refractivity contribution < 1.29 is 18.6 Å². The molecule has 28 heavy (non-hydrogen) atoms. The van der Waals surface area contributed by atoms with Crippen molar-refractivity contribution in [2.45, 2.75) is 0 Å². The van der Waals surface area contributed by atoms with Gasteiger partial charge in [0.15, 0.2) is 16.5 Å². The number of hydrogen-bond donors (Lipinski definition) is 1. The van der Waals surface area contributed by atoms with E-state index in [1.54, 1.807) is 12.1 Å². The molecule has 0 spiro atoms. The Kier molecular flexibility index (Phi) is 4.52. The summed E-state index contributed by atoms with van der Waals surface area (Å²) < 4.78 is 33.6. The highest BCUT2D eigenvalue weighted by Crippen LogP contribution is 2.35. The molecule has 4 rings (SSSR count). The second-order valence-electron chi connectivity index (χ2n) is 5.91. The van der Waals surface area contributed by atoms with Crippen molar-refractivity contribution in [2.24, 2.45) is 0 Å². The van der Waals surface area contributed by atoms with E-state index in [4.69, 9.17) is 16.3 Å². The summed E-state index contributed by atoms with van der Waals surface area (Å²) in [5.41, 5.74) is 0.767. The van der Waals surface area contributed by atoms with Crippen LogP contribution in [0.2, 0.25) is 5.02 Å². The van der Waals surface area contributed by atoms with Gasteiger partial charge in [-0.25, -0.2) is 13.8 Å². The Labute approximate surface area is 165 Å². The summed E-state index contributed by atoms with van der Waals surface area (Å²) in [7, 11) is 1.39. The standard InChI is InChI=1S/C19H11ClF2N2O3S/c1-27-15-3-9(2-13(20)17(15)25)4-16-18(26)24-8-14(23-19(24)28-16)10-5-11(21)7-12(22)6-10/h2-8,25H,1H3. The van der Waals surface area contributed by atoms with Gasteiger partial charge in [-0.15, -0.1) is 0 Å². The molecule has 9 heteroatoms. The molecular weight excluding hydrogens is 410 g/mol. The molecule has 2 aromatic carbocycles. The summed E-state index contributed by atoms with van der Waals surface area (Å²) in [6.45, 7) is 0. The first-order chi connectivity index (χ1) is 13.4. The van der Waals surface area contributed by atoms with E-state index in [1.807, 2.05) is 0 Å². The van der Waals surface area contributed by atoms with Gasteiger partial charge in [0.05, 0.1) is 22.4 Å². The van der Waals surface area contributed by atoms with Crippen LogP contribution < -0.4 is 14.8 Å². The van der Waals surface area contributed by atoms with E-state index in [0.29, 0.717) is 20.8 Å². The molecule has 0 saturated heterocycles. The highest BCUT2D eigenvalue weighted by atomic mass is 35.5. The molecule has 0 saturated carbocycles. The van der Waals surface area contributed by atoms with Crippen LogP contribution in [0, 0.1) is 11.6 Å². The molecular formula is C19H11ClF2N2O3S. The Bertz CT molecular complexity index is 1310. The third-order valence-corrected chi connectivity index (χ3v) is 5.30. The number of hydrogen-bond acceptors (Lipinski definition) is 5. The molecule has 0 atom stereocenters. The average Bonchev–Trinajstić information content (AvgIpc) is 3.17. The second-order valence-corrected chi connectivity index (χ2v) is 7.32. The van der Waals surface area contributed by atoms with Crippen molar-refractivity contribution in [3.63, 3.8) is 0 Å². The van der Waals surface area contributed by atoms with Gasteiger partial charge >= 0.3 is 0 Å². The molecule has 0 unspecified atom stereocenters. The van der Waals surface area contributed by atoms with Crippen molar-refractivity contribution in [1.29, 1.82) is 0 Å². The van der Waals surface area contributed by atoms with Gasteiger partial charge in [0.1, 0.15) is 11.6 Å². The van der Waals surface area contributed by atoms with Crippen LogP contribution in [0.3, 0.4) is 0 Å². The van der Waals surface area contributed by atoms with Crippen molar-refractivity contribution in [3.05, 3.63) is 73.6 Å². The fourth-order valence-electron chi connectivity index (χ4n) is 2.76. The molecule has 5 nitrogen and oxygen atoms in total. The number of thiazole rings is 1. The predicted molar refractivity (Wildman–Crippen MR) is 103 cm³/mol. The molecule has 142 valence electrons. The van der Waals surface area contributed by atoms with Crippen LogP contribution >= 0.6 is 22.9 Å². The Balaban J connectivity index is 1.82. The molecule has 0 bridgehead atoms. The minimum atomic E-state index is -0.721. The molecule has 4 aromatic rings. The summed E-state index contributed by atoms with van der Waals surface area (Å²) in [5, 5.41) is 9.90. The fourth-order valence-corrected chi connectivity index (χ4v) is 3.93. The van der Waals surface area contributed by atoms with Crippen molar-refractivity contribution in [2.75, 3.05) is 7.11 Å². The van der Waals surface area contributed by atoms with Gasteiger partial charge in [0.2, 0.25) is 0 Å². The Hall–Kier alpha value is -2.97. The summed E-state index contributed by atoms with van der Waals surface area (Å²) in [6, 6.07) is 6.12. The number of benzene rings is 2. The topological polar surface area (TPSA) is 63.8 Å². The Morgan fingerprint density at radius 3 is 2.57 bits per heavy atom. The van der Waals surface area contributed by atoms with Gasteiger partial charge in [-0.1, -0.05) is 22.9 Å². The maximum atomic E-state index is 13.4. The fraction of sp³-hybridized carbons (Fsp3) is 0.0526.